The van der Waals surface area contributed by atoms with Crippen molar-refractivity contribution in [1.82, 2.24) is 5.43 Å². The number of hydrogen-bond donors (Lipinski definition) is 2. The number of amides is 2. The predicted molar refractivity (Wildman–Crippen MR) is 73.4 cm³/mol. The van der Waals surface area contributed by atoms with Crippen LogP contribution in [0.25, 0.3) is 0 Å². The van der Waals surface area contributed by atoms with Gasteiger partial charge in [-0.25, -0.2) is 5.84 Å². The average molecular weight is 289 g/mol. The van der Waals surface area contributed by atoms with Crippen molar-refractivity contribution in [3.05, 3.63) is 29.8 Å². The maximum atomic E-state index is 12.0. The highest BCUT2D eigenvalue weighted by Crippen LogP contribution is 2.30. The Morgan fingerprint density at radius 2 is 2.10 bits per heavy atom. The van der Waals surface area contributed by atoms with Crippen LogP contribution in [0.1, 0.15) is 23.2 Å². The third kappa shape index (κ3) is 2.30. The summed E-state index contributed by atoms with van der Waals surface area (Å²) in [4.78, 5) is 36.8. The molecule has 110 valence electrons. The zero-order chi connectivity index (χ0) is 15.0. The summed E-state index contributed by atoms with van der Waals surface area (Å²) < 4.78 is 5.58. The Morgan fingerprint density at radius 1 is 1.33 bits per heavy atom. The van der Waals surface area contributed by atoms with Gasteiger partial charge < -0.3 is 9.64 Å². The van der Waals surface area contributed by atoms with E-state index in [1.54, 1.807) is 24.3 Å². The number of ether oxygens (including phenoxy) is 1. The molecule has 7 nitrogen and oxygen atoms in total. The molecule has 21 heavy (non-hydrogen) atoms. The van der Waals surface area contributed by atoms with Gasteiger partial charge in [-0.3, -0.25) is 19.8 Å². The molecule has 0 saturated carbocycles. The van der Waals surface area contributed by atoms with Gasteiger partial charge in [0, 0.05) is 0 Å². The number of carbonyl (C=O) groups excluding carboxylic acids is 3. The van der Waals surface area contributed by atoms with Crippen LogP contribution in [0.3, 0.4) is 0 Å². The minimum atomic E-state index is -0.594. The topological polar surface area (TPSA) is 102 Å². The van der Waals surface area contributed by atoms with Gasteiger partial charge in [0.25, 0.3) is 17.6 Å². The minimum absolute atomic E-state index is 0.260. The lowest BCUT2D eigenvalue weighted by atomic mass is 10.1. The summed E-state index contributed by atoms with van der Waals surface area (Å²) in [5.41, 5.74) is 3.07. The van der Waals surface area contributed by atoms with Crippen LogP contribution in [-0.2, 0) is 14.3 Å². The fourth-order valence-corrected chi connectivity index (χ4v) is 2.76. The second-order valence-electron chi connectivity index (χ2n) is 5.09. The molecule has 2 amide bonds. The van der Waals surface area contributed by atoms with Gasteiger partial charge in [0.15, 0.2) is 0 Å². The van der Waals surface area contributed by atoms with Gasteiger partial charge in [0.1, 0.15) is 6.10 Å². The quantitative estimate of drug-likeness (QED) is 0.346. The number of nitrogens with one attached hydrogen (secondary N) is 1. The molecule has 0 radical (unpaired) electrons. The predicted octanol–water partition coefficient (Wildman–Crippen LogP) is -0.247. The molecule has 0 aliphatic carbocycles. The van der Waals surface area contributed by atoms with Crippen molar-refractivity contribution in [3.8, 4) is 0 Å². The van der Waals surface area contributed by atoms with Crippen LogP contribution >= 0.6 is 0 Å². The van der Waals surface area contributed by atoms with Crippen molar-refractivity contribution in [1.29, 1.82) is 0 Å². The number of Topliss-reactive ketones (excluding diaryl/α,β-unsaturated/α-hetero) is 1. The van der Waals surface area contributed by atoms with Crippen LogP contribution < -0.4 is 16.2 Å². The molecule has 2 unspecified atom stereocenters. The van der Waals surface area contributed by atoms with Gasteiger partial charge >= 0.3 is 0 Å². The molecule has 1 saturated heterocycles. The summed E-state index contributed by atoms with van der Waals surface area (Å²) in [6.45, 7) is 0.260. The summed E-state index contributed by atoms with van der Waals surface area (Å²) >= 11 is 0. The number of hydrazine groups is 1. The first kappa shape index (κ1) is 13.7. The number of ketones is 1. The van der Waals surface area contributed by atoms with Crippen molar-refractivity contribution in [2.24, 2.45) is 5.84 Å². The van der Waals surface area contributed by atoms with E-state index in [1.165, 1.54) is 4.90 Å². The van der Waals surface area contributed by atoms with E-state index in [4.69, 9.17) is 10.6 Å². The molecule has 0 aromatic heterocycles. The zero-order valence-electron chi connectivity index (χ0n) is 11.2. The Kier molecular flexibility index (Phi) is 3.44. The number of hydrogen-bond acceptors (Lipinski definition) is 5. The van der Waals surface area contributed by atoms with E-state index in [0.717, 1.165) is 0 Å². The van der Waals surface area contributed by atoms with Gasteiger partial charge in [-0.05, 0) is 25.0 Å². The molecule has 3 rings (SSSR count). The maximum absolute atomic E-state index is 12.0. The molecule has 2 aliphatic heterocycles. The molecule has 2 heterocycles. The molecule has 3 N–H and O–H groups in total. The molecule has 1 aromatic rings. The van der Waals surface area contributed by atoms with E-state index < -0.39 is 17.8 Å². The number of anilines is 1. The Hall–Kier alpha value is -2.25. The molecule has 1 aromatic carbocycles. The van der Waals surface area contributed by atoms with Crippen molar-refractivity contribution in [2.45, 2.75) is 25.0 Å². The Bertz CT molecular complexity index is 616. The van der Waals surface area contributed by atoms with Crippen LogP contribution in [0, 0.1) is 0 Å². The Morgan fingerprint density at radius 3 is 2.86 bits per heavy atom. The van der Waals surface area contributed by atoms with Crippen LogP contribution in [0.2, 0.25) is 0 Å². The van der Waals surface area contributed by atoms with Crippen molar-refractivity contribution in [2.75, 3.05) is 11.4 Å². The maximum Gasteiger partial charge on any atom is 0.299 e. The van der Waals surface area contributed by atoms with Crippen LogP contribution in [0.5, 0.6) is 0 Å². The molecule has 2 atom stereocenters. The van der Waals surface area contributed by atoms with Crippen LogP contribution in [-0.4, -0.2) is 36.4 Å². The second-order valence-corrected chi connectivity index (χ2v) is 5.09. The first-order valence-corrected chi connectivity index (χ1v) is 6.73. The highest BCUT2D eigenvalue weighted by Gasteiger charge is 2.39. The lowest BCUT2D eigenvalue weighted by Gasteiger charge is -2.21. The van der Waals surface area contributed by atoms with Gasteiger partial charge in [0.05, 0.1) is 23.9 Å². The fraction of sp³-hybridized carbons (Fsp3) is 0.357. The van der Waals surface area contributed by atoms with E-state index in [-0.39, 0.29) is 18.6 Å². The van der Waals surface area contributed by atoms with Crippen molar-refractivity contribution < 1.29 is 19.1 Å². The summed E-state index contributed by atoms with van der Waals surface area (Å²) in [7, 11) is 0. The standard InChI is InChI=1S/C14H15N3O4/c15-16-13(19)11-6-5-8(21-11)7-17-10-4-2-1-3-9(10)12(18)14(17)20/h1-4,8,11H,5-7,15H2,(H,16,19). The largest absolute Gasteiger partial charge is 0.363 e. The summed E-state index contributed by atoms with van der Waals surface area (Å²) in [5, 5.41) is 0. The van der Waals surface area contributed by atoms with Crippen LogP contribution in [0.15, 0.2) is 24.3 Å². The van der Waals surface area contributed by atoms with Gasteiger partial charge in [0.2, 0.25) is 0 Å². The van der Waals surface area contributed by atoms with E-state index in [2.05, 4.69) is 5.43 Å². The Labute approximate surface area is 121 Å². The summed E-state index contributed by atoms with van der Waals surface area (Å²) in [5.74, 6) is 3.65. The number of rotatable bonds is 3. The number of carbonyl (C=O) groups is 3. The highest BCUT2D eigenvalue weighted by atomic mass is 16.5. The first-order valence-electron chi connectivity index (χ1n) is 6.73. The molecule has 7 heteroatoms. The minimum Gasteiger partial charge on any atom is -0.363 e. The smallest absolute Gasteiger partial charge is 0.299 e. The molecule has 0 spiro atoms. The third-order valence-electron chi connectivity index (χ3n) is 3.81. The normalized spacial score (nSPS) is 24.3. The SMILES string of the molecule is NNC(=O)C1CCC(CN2C(=O)C(=O)c3ccccc32)O1. The zero-order valence-corrected chi connectivity index (χ0v) is 11.2. The second kappa shape index (κ2) is 5.27. The average Bonchev–Trinajstić information content (AvgIpc) is 3.07. The highest BCUT2D eigenvalue weighted by molar-refractivity contribution is 6.52. The molecular weight excluding hydrogens is 274 g/mol. The van der Waals surface area contributed by atoms with Gasteiger partial charge in [-0.15, -0.1) is 0 Å². The first-order chi connectivity index (χ1) is 10.1. The number of benzene rings is 1. The molecule has 0 bridgehead atoms. The van der Waals surface area contributed by atoms with E-state index in [1.807, 2.05) is 0 Å². The fourth-order valence-electron chi connectivity index (χ4n) is 2.76. The summed E-state index contributed by atoms with van der Waals surface area (Å²) in [6, 6.07) is 6.87. The molecular formula is C14H15N3O4. The lowest BCUT2D eigenvalue weighted by Crippen LogP contribution is -2.41. The number of para-hydroxylation sites is 1. The monoisotopic (exact) mass is 289 g/mol. The van der Waals surface area contributed by atoms with Gasteiger partial charge in [-0.1, -0.05) is 12.1 Å². The molecule has 1 fully saturated rings. The van der Waals surface area contributed by atoms with E-state index >= 15 is 0 Å². The van der Waals surface area contributed by atoms with Crippen molar-refractivity contribution >= 4 is 23.3 Å². The van der Waals surface area contributed by atoms with E-state index in [0.29, 0.717) is 24.1 Å². The van der Waals surface area contributed by atoms with Gasteiger partial charge in [-0.2, -0.15) is 0 Å². The van der Waals surface area contributed by atoms with Crippen LogP contribution in [0.4, 0.5) is 5.69 Å². The summed E-state index contributed by atoms with van der Waals surface area (Å²) in [6.07, 6.45) is 0.308. The lowest BCUT2D eigenvalue weighted by molar-refractivity contribution is -0.131. The molecule has 2 aliphatic rings. The number of nitrogens with two attached hydrogens (primary N) is 1. The van der Waals surface area contributed by atoms with E-state index in [9.17, 15) is 14.4 Å². The Balaban J connectivity index is 1.73. The van der Waals surface area contributed by atoms with Crippen molar-refractivity contribution in [3.63, 3.8) is 0 Å². The number of nitrogens with zero attached hydrogens (tertiary/aromatic N) is 1. The number of fused-ring (bicyclic) bond motifs is 1. The third-order valence-corrected chi connectivity index (χ3v) is 3.81.